The Labute approximate surface area is 184 Å². The molecule has 3 aromatic rings. The Hall–Kier alpha value is -2.92. The van der Waals surface area contributed by atoms with E-state index in [2.05, 4.69) is 14.9 Å². The third kappa shape index (κ3) is 4.42. The number of carbonyl (C=O) groups excluding carboxylic acids is 1. The fourth-order valence-corrected chi connectivity index (χ4v) is 5.93. The third-order valence-electron chi connectivity index (χ3n) is 4.82. The number of benzene rings is 1. The standard InChI is InChI=1S/C20H22N4O5S2/c1-3-28-15-9-5-4-8-14(15)23-31(26,27)17-12-16(30-13(17)2)18-21-19(29-22-18)20(25)24-10-6-7-11-24/h4-5,8-9,12,23H,3,6-7,10-11H2,1-2H3. The van der Waals surface area contributed by atoms with Gasteiger partial charge >= 0.3 is 11.8 Å². The number of nitrogens with one attached hydrogen (secondary N) is 1. The van der Waals surface area contributed by atoms with Crippen molar-refractivity contribution >= 4 is 33.0 Å². The van der Waals surface area contributed by atoms with Crippen molar-refractivity contribution < 1.29 is 22.5 Å². The van der Waals surface area contributed by atoms with E-state index in [0.29, 0.717) is 40.9 Å². The van der Waals surface area contributed by atoms with E-state index >= 15 is 0 Å². The molecule has 1 amide bonds. The lowest BCUT2D eigenvalue weighted by molar-refractivity contribution is 0.0743. The van der Waals surface area contributed by atoms with Gasteiger partial charge in [0.15, 0.2) is 0 Å². The van der Waals surface area contributed by atoms with Crippen molar-refractivity contribution in [2.45, 2.75) is 31.6 Å². The van der Waals surface area contributed by atoms with Gasteiger partial charge in [0.25, 0.3) is 10.0 Å². The maximum atomic E-state index is 13.0. The number of hydrogen-bond donors (Lipinski definition) is 1. The molecule has 1 saturated heterocycles. The fourth-order valence-electron chi connectivity index (χ4n) is 3.34. The minimum Gasteiger partial charge on any atom is -0.492 e. The van der Waals surface area contributed by atoms with Crippen LogP contribution >= 0.6 is 11.3 Å². The number of nitrogens with zero attached hydrogens (tertiary/aromatic N) is 3. The van der Waals surface area contributed by atoms with Gasteiger partial charge in [0.2, 0.25) is 5.82 Å². The zero-order valence-corrected chi connectivity index (χ0v) is 18.8. The number of para-hydroxylation sites is 2. The highest BCUT2D eigenvalue weighted by Crippen LogP contribution is 2.34. The lowest BCUT2D eigenvalue weighted by Crippen LogP contribution is -2.27. The van der Waals surface area contributed by atoms with E-state index in [-0.39, 0.29) is 22.5 Å². The van der Waals surface area contributed by atoms with Gasteiger partial charge in [0, 0.05) is 18.0 Å². The molecule has 2 aromatic heterocycles. The first-order valence-electron chi connectivity index (χ1n) is 9.87. The molecule has 3 heterocycles. The number of rotatable bonds is 7. The smallest absolute Gasteiger partial charge is 0.316 e. The molecule has 11 heteroatoms. The summed E-state index contributed by atoms with van der Waals surface area (Å²) >= 11 is 1.22. The molecule has 1 aromatic carbocycles. The number of hydrogen-bond acceptors (Lipinski definition) is 8. The Morgan fingerprint density at radius 1 is 1.29 bits per heavy atom. The average Bonchev–Trinajstić information content (AvgIpc) is 3.49. The summed E-state index contributed by atoms with van der Waals surface area (Å²) in [4.78, 5) is 19.5. The second kappa shape index (κ2) is 8.67. The van der Waals surface area contributed by atoms with Crippen LogP contribution in [0.25, 0.3) is 10.7 Å². The Balaban J connectivity index is 1.58. The summed E-state index contributed by atoms with van der Waals surface area (Å²) in [7, 11) is -3.88. The van der Waals surface area contributed by atoms with E-state index < -0.39 is 10.0 Å². The number of carbonyl (C=O) groups is 1. The predicted octanol–water partition coefficient (Wildman–Crippen LogP) is 3.54. The van der Waals surface area contributed by atoms with E-state index in [4.69, 9.17) is 9.26 Å². The van der Waals surface area contributed by atoms with Crippen LogP contribution in [0, 0.1) is 6.92 Å². The highest BCUT2D eigenvalue weighted by molar-refractivity contribution is 7.93. The van der Waals surface area contributed by atoms with Crippen molar-refractivity contribution in [3.05, 3.63) is 41.1 Å². The second-order valence-electron chi connectivity index (χ2n) is 6.99. The minimum atomic E-state index is -3.88. The Kier molecular flexibility index (Phi) is 5.96. The van der Waals surface area contributed by atoms with Gasteiger partial charge in [-0.1, -0.05) is 17.3 Å². The molecule has 4 rings (SSSR count). The molecule has 1 aliphatic rings. The molecule has 1 aliphatic heterocycles. The van der Waals surface area contributed by atoms with Crippen LogP contribution in [0.15, 0.2) is 39.8 Å². The van der Waals surface area contributed by atoms with Gasteiger partial charge in [-0.25, -0.2) is 8.42 Å². The van der Waals surface area contributed by atoms with Crippen LogP contribution in [-0.4, -0.2) is 49.1 Å². The highest BCUT2D eigenvalue weighted by atomic mass is 32.2. The molecule has 1 N–H and O–H groups in total. The Morgan fingerprint density at radius 2 is 2.03 bits per heavy atom. The second-order valence-corrected chi connectivity index (χ2v) is 9.90. The summed E-state index contributed by atoms with van der Waals surface area (Å²) in [5.41, 5.74) is 0.356. The quantitative estimate of drug-likeness (QED) is 0.571. The van der Waals surface area contributed by atoms with Crippen molar-refractivity contribution in [2.75, 3.05) is 24.4 Å². The number of likely N-dealkylation sites (tertiary alicyclic amines) is 1. The fraction of sp³-hybridized carbons (Fsp3) is 0.350. The molecule has 0 saturated carbocycles. The normalized spacial score (nSPS) is 14.1. The molecule has 164 valence electrons. The molecular weight excluding hydrogens is 440 g/mol. The first-order valence-corrected chi connectivity index (χ1v) is 12.2. The topological polar surface area (TPSA) is 115 Å². The predicted molar refractivity (Wildman–Crippen MR) is 116 cm³/mol. The van der Waals surface area contributed by atoms with E-state index in [1.807, 2.05) is 6.92 Å². The number of sulfonamides is 1. The summed E-state index contributed by atoms with van der Waals surface area (Å²) in [5.74, 6) is 0.249. The first kappa shape index (κ1) is 21.3. The zero-order valence-electron chi connectivity index (χ0n) is 17.1. The molecule has 0 atom stereocenters. The van der Waals surface area contributed by atoms with Crippen molar-refractivity contribution in [3.8, 4) is 16.5 Å². The van der Waals surface area contributed by atoms with Crippen LogP contribution in [0.2, 0.25) is 0 Å². The number of amides is 1. The summed E-state index contributed by atoms with van der Waals surface area (Å²) < 4.78 is 39.3. The van der Waals surface area contributed by atoms with Gasteiger partial charge in [-0.2, -0.15) is 4.98 Å². The van der Waals surface area contributed by atoms with Gasteiger partial charge in [-0.15, -0.1) is 11.3 Å². The maximum Gasteiger partial charge on any atom is 0.316 e. The summed E-state index contributed by atoms with van der Waals surface area (Å²) in [5, 5.41) is 3.88. The van der Waals surface area contributed by atoms with Crippen LogP contribution in [0.3, 0.4) is 0 Å². The molecule has 0 aliphatic carbocycles. The minimum absolute atomic E-state index is 0.0869. The molecule has 9 nitrogen and oxygen atoms in total. The molecule has 0 unspecified atom stereocenters. The van der Waals surface area contributed by atoms with Crippen LogP contribution in [0.5, 0.6) is 5.75 Å². The zero-order chi connectivity index (χ0) is 22.0. The highest BCUT2D eigenvalue weighted by Gasteiger charge is 2.27. The Morgan fingerprint density at radius 3 is 2.77 bits per heavy atom. The first-order chi connectivity index (χ1) is 14.9. The van der Waals surface area contributed by atoms with Crippen LogP contribution in [0.1, 0.15) is 35.3 Å². The van der Waals surface area contributed by atoms with E-state index in [1.165, 1.54) is 17.4 Å². The van der Waals surface area contributed by atoms with E-state index in [9.17, 15) is 13.2 Å². The number of aryl methyl sites for hydroxylation is 1. The van der Waals surface area contributed by atoms with Gasteiger partial charge in [-0.3, -0.25) is 9.52 Å². The number of thiophene rings is 1. The molecule has 0 spiro atoms. The van der Waals surface area contributed by atoms with Gasteiger partial charge in [0.1, 0.15) is 10.6 Å². The maximum absolute atomic E-state index is 13.0. The van der Waals surface area contributed by atoms with Crippen LogP contribution in [-0.2, 0) is 10.0 Å². The SMILES string of the molecule is CCOc1ccccc1NS(=O)(=O)c1cc(-c2noc(C(=O)N3CCCC3)n2)sc1C. The summed E-state index contributed by atoms with van der Waals surface area (Å²) in [6.45, 7) is 5.29. The number of anilines is 1. The van der Waals surface area contributed by atoms with Crippen LogP contribution in [0.4, 0.5) is 5.69 Å². The monoisotopic (exact) mass is 462 g/mol. The molecular formula is C20H22N4O5S2. The van der Waals surface area contributed by atoms with Gasteiger partial charge < -0.3 is 14.2 Å². The van der Waals surface area contributed by atoms with E-state index in [0.717, 1.165) is 12.8 Å². The molecule has 1 fully saturated rings. The van der Waals surface area contributed by atoms with Gasteiger partial charge in [-0.05, 0) is 44.9 Å². The molecule has 0 radical (unpaired) electrons. The van der Waals surface area contributed by atoms with Crippen molar-refractivity contribution in [3.63, 3.8) is 0 Å². The van der Waals surface area contributed by atoms with Crippen molar-refractivity contribution in [1.29, 1.82) is 0 Å². The van der Waals surface area contributed by atoms with Crippen LogP contribution < -0.4 is 9.46 Å². The van der Waals surface area contributed by atoms with Crippen molar-refractivity contribution in [2.24, 2.45) is 0 Å². The lowest BCUT2D eigenvalue weighted by Gasteiger charge is -2.12. The van der Waals surface area contributed by atoms with Gasteiger partial charge in [0.05, 0.1) is 17.2 Å². The molecule has 31 heavy (non-hydrogen) atoms. The Bertz CT molecular complexity index is 1200. The van der Waals surface area contributed by atoms with E-state index in [1.54, 1.807) is 36.1 Å². The average molecular weight is 463 g/mol. The number of ether oxygens (including phenoxy) is 1. The third-order valence-corrected chi connectivity index (χ3v) is 7.48. The largest absolute Gasteiger partial charge is 0.492 e. The number of aromatic nitrogens is 2. The van der Waals surface area contributed by atoms with Crippen molar-refractivity contribution in [1.82, 2.24) is 15.0 Å². The lowest BCUT2D eigenvalue weighted by atomic mass is 10.3. The summed E-state index contributed by atoms with van der Waals surface area (Å²) in [6, 6.07) is 8.32. The molecule has 0 bridgehead atoms. The summed E-state index contributed by atoms with van der Waals surface area (Å²) in [6.07, 6.45) is 1.91.